The van der Waals surface area contributed by atoms with Gasteiger partial charge in [0.05, 0.1) is 0 Å². The van der Waals surface area contributed by atoms with Crippen LogP contribution in [0.1, 0.15) is 42.1 Å². The first kappa shape index (κ1) is 17.0. The molecule has 1 saturated heterocycles. The number of nitrogens with zero attached hydrogens (tertiary/aromatic N) is 4. The molecular weight excluding hydrogens is 324 g/mol. The third kappa shape index (κ3) is 3.78. The van der Waals surface area contributed by atoms with Gasteiger partial charge in [0.2, 0.25) is 5.91 Å². The second-order valence-corrected chi connectivity index (χ2v) is 6.95. The molecule has 3 rings (SSSR count). The van der Waals surface area contributed by atoms with E-state index in [2.05, 4.69) is 16.3 Å². The van der Waals surface area contributed by atoms with Crippen LogP contribution in [0.15, 0.2) is 24.5 Å². The summed E-state index contributed by atoms with van der Waals surface area (Å²) in [4.78, 5) is 14.4. The molecule has 0 atom stereocenters. The van der Waals surface area contributed by atoms with Crippen molar-refractivity contribution in [3.63, 3.8) is 0 Å². The van der Waals surface area contributed by atoms with Gasteiger partial charge in [-0.25, -0.2) is 0 Å². The van der Waals surface area contributed by atoms with Gasteiger partial charge in [-0.15, -0.1) is 10.2 Å². The Kier molecular flexibility index (Phi) is 5.19. The SMILES string of the molecule is Cc1ccc(CCC(=O)N2CCC(c3nncn3C)CC2)cc1Cl. The molecule has 1 aromatic heterocycles. The Bertz CT molecular complexity index is 720. The van der Waals surface area contributed by atoms with E-state index in [4.69, 9.17) is 11.6 Å². The molecule has 1 fully saturated rings. The van der Waals surface area contributed by atoms with Crippen LogP contribution in [-0.2, 0) is 18.3 Å². The van der Waals surface area contributed by atoms with Crippen molar-refractivity contribution in [1.82, 2.24) is 19.7 Å². The first-order valence-electron chi connectivity index (χ1n) is 8.41. The summed E-state index contributed by atoms with van der Waals surface area (Å²) in [6.07, 6.45) is 4.92. The lowest BCUT2D eigenvalue weighted by molar-refractivity contribution is -0.132. The third-order valence-corrected chi connectivity index (χ3v) is 5.23. The van der Waals surface area contributed by atoms with E-state index in [9.17, 15) is 4.79 Å². The highest BCUT2D eigenvalue weighted by Crippen LogP contribution is 2.26. The molecule has 2 heterocycles. The number of rotatable bonds is 4. The number of amides is 1. The Morgan fingerprint density at radius 2 is 2.08 bits per heavy atom. The van der Waals surface area contributed by atoms with Gasteiger partial charge in [-0.05, 0) is 43.4 Å². The van der Waals surface area contributed by atoms with Crippen molar-refractivity contribution in [3.05, 3.63) is 46.5 Å². The van der Waals surface area contributed by atoms with Crippen molar-refractivity contribution >= 4 is 17.5 Å². The van der Waals surface area contributed by atoms with E-state index < -0.39 is 0 Å². The van der Waals surface area contributed by atoms with Crippen LogP contribution in [0.5, 0.6) is 0 Å². The third-order valence-electron chi connectivity index (χ3n) is 4.82. The quantitative estimate of drug-likeness (QED) is 0.854. The van der Waals surface area contributed by atoms with Gasteiger partial charge in [-0.2, -0.15) is 0 Å². The largest absolute Gasteiger partial charge is 0.343 e. The Hall–Kier alpha value is -1.88. The van der Waals surface area contributed by atoms with E-state index in [0.29, 0.717) is 12.3 Å². The number of piperidine rings is 1. The molecule has 6 heteroatoms. The molecule has 1 aromatic carbocycles. The lowest BCUT2D eigenvalue weighted by Gasteiger charge is -2.31. The Morgan fingerprint density at radius 1 is 1.33 bits per heavy atom. The van der Waals surface area contributed by atoms with Gasteiger partial charge in [0, 0.05) is 37.5 Å². The molecule has 2 aromatic rings. The minimum atomic E-state index is 0.225. The molecule has 1 aliphatic rings. The summed E-state index contributed by atoms with van der Waals surface area (Å²) in [5, 5.41) is 8.91. The first-order valence-corrected chi connectivity index (χ1v) is 8.79. The van der Waals surface area contributed by atoms with Crippen LogP contribution in [-0.4, -0.2) is 38.7 Å². The van der Waals surface area contributed by atoms with Gasteiger partial charge >= 0.3 is 0 Å². The number of likely N-dealkylation sites (tertiary alicyclic amines) is 1. The average Bonchev–Trinajstić information content (AvgIpc) is 3.02. The zero-order valence-corrected chi connectivity index (χ0v) is 15.0. The Morgan fingerprint density at radius 3 is 2.71 bits per heavy atom. The first-order chi connectivity index (χ1) is 11.5. The lowest BCUT2D eigenvalue weighted by atomic mass is 9.95. The second-order valence-electron chi connectivity index (χ2n) is 6.54. The molecule has 0 bridgehead atoms. The molecule has 128 valence electrons. The number of aryl methyl sites for hydroxylation is 3. The maximum absolute atomic E-state index is 12.4. The molecule has 1 aliphatic heterocycles. The van der Waals surface area contributed by atoms with Gasteiger partial charge in [0.1, 0.15) is 12.2 Å². The van der Waals surface area contributed by atoms with E-state index in [-0.39, 0.29) is 5.91 Å². The van der Waals surface area contributed by atoms with E-state index >= 15 is 0 Å². The number of carbonyl (C=O) groups excluding carboxylic acids is 1. The molecule has 0 spiro atoms. The Labute approximate surface area is 147 Å². The number of aromatic nitrogens is 3. The predicted molar refractivity (Wildman–Crippen MR) is 94.1 cm³/mol. The topological polar surface area (TPSA) is 51.0 Å². The highest BCUT2D eigenvalue weighted by atomic mass is 35.5. The fraction of sp³-hybridized carbons (Fsp3) is 0.500. The van der Waals surface area contributed by atoms with Crippen molar-refractivity contribution < 1.29 is 4.79 Å². The number of benzene rings is 1. The number of halogens is 1. The second kappa shape index (κ2) is 7.34. The van der Waals surface area contributed by atoms with Crippen LogP contribution in [0, 0.1) is 6.92 Å². The van der Waals surface area contributed by atoms with Crippen molar-refractivity contribution in [2.75, 3.05) is 13.1 Å². The number of hydrogen-bond donors (Lipinski definition) is 0. The molecule has 24 heavy (non-hydrogen) atoms. The summed E-state index contributed by atoms with van der Waals surface area (Å²) in [5.41, 5.74) is 2.19. The van der Waals surface area contributed by atoms with Gasteiger partial charge in [-0.3, -0.25) is 4.79 Å². The monoisotopic (exact) mass is 346 g/mol. The number of carbonyl (C=O) groups is 1. The van der Waals surface area contributed by atoms with E-state index in [1.807, 2.05) is 35.6 Å². The smallest absolute Gasteiger partial charge is 0.222 e. The molecule has 1 amide bonds. The fourth-order valence-electron chi connectivity index (χ4n) is 3.25. The molecule has 0 aliphatic carbocycles. The molecule has 5 nitrogen and oxygen atoms in total. The summed E-state index contributed by atoms with van der Waals surface area (Å²) in [6.45, 7) is 3.58. The van der Waals surface area contributed by atoms with E-state index in [0.717, 1.165) is 54.3 Å². The van der Waals surface area contributed by atoms with E-state index in [1.165, 1.54) is 0 Å². The summed E-state index contributed by atoms with van der Waals surface area (Å²) in [7, 11) is 1.97. The van der Waals surface area contributed by atoms with Gasteiger partial charge in [0.15, 0.2) is 0 Å². The summed E-state index contributed by atoms with van der Waals surface area (Å²) < 4.78 is 1.98. The van der Waals surface area contributed by atoms with Crippen LogP contribution >= 0.6 is 11.6 Å². The minimum absolute atomic E-state index is 0.225. The number of hydrogen-bond acceptors (Lipinski definition) is 3. The zero-order chi connectivity index (χ0) is 17.1. The highest BCUT2D eigenvalue weighted by molar-refractivity contribution is 6.31. The predicted octanol–water partition coefficient (Wildman–Crippen LogP) is 3.12. The summed E-state index contributed by atoms with van der Waals surface area (Å²) in [5.74, 6) is 1.65. The van der Waals surface area contributed by atoms with Crippen molar-refractivity contribution in [2.24, 2.45) is 7.05 Å². The average molecular weight is 347 g/mol. The van der Waals surface area contributed by atoms with Crippen LogP contribution in [0.25, 0.3) is 0 Å². The minimum Gasteiger partial charge on any atom is -0.343 e. The molecular formula is C18H23ClN4O. The zero-order valence-electron chi connectivity index (χ0n) is 14.2. The Balaban J connectivity index is 1.50. The van der Waals surface area contributed by atoms with E-state index in [1.54, 1.807) is 6.33 Å². The fourth-order valence-corrected chi connectivity index (χ4v) is 3.45. The molecule has 0 N–H and O–H groups in total. The molecule has 0 saturated carbocycles. The summed E-state index contributed by atoms with van der Waals surface area (Å²) >= 11 is 6.15. The summed E-state index contributed by atoms with van der Waals surface area (Å²) in [6, 6.07) is 6.02. The highest BCUT2D eigenvalue weighted by Gasteiger charge is 2.26. The van der Waals surface area contributed by atoms with Crippen LogP contribution in [0.2, 0.25) is 5.02 Å². The van der Waals surface area contributed by atoms with Crippen molar-refractivity contribution in [2.45, 2.75) is 38.5 Å². The lowest BCUT2D eigenvalue weighted by Crippen LogP contribution is -2.38. The molecule has 0 radical (unpaired) electrons. The standard InChI is InChI=1S/C18H23ClN4O/c1-13-3-4-14(11-16(13)19)5-6-17(24)23-9-7-15(8-10-23)18-21-20-12-22(18)2/h3-4,11-12,15H,5-10H2,1-2H3. The normalized spacial score (nSPS) is 15.7. The van der Waals surface area contributed by atoms with Crippen LogP contribution in [0.4, 0.5) is 0 Å². The van der Waals surface area contributed by atoms with Crippen LogP contribution < -0.4 is 0 Å². The van der Waals surface area contributed by atoms with Gasteiger partial charge in [0.25, 0.3) is 0 Å². The maximum Gasteiger partial charge on any atom is 0.222 e. The van der Waals surface area contributed by atoms with Crippen molar-refractivity contribution in [1.29, 1.82) is 0 Å². The maximum atomic E-state index is 12.4. The van der Waals surface area contributed by atoms with Crippen molar-refractivity contribution in [3.8, 4) is 0 Å². The molecule has 0 unspecified atom stereocenters. The van der Waals surface area contributed by atoms with Crippen LogP contribution in [0.3, 0.4) is 0 Å². The van der Waals surface area contributed by atoms with Gasteiger partial charge < -0.3 is 9.47 Å². The van der Waals surface area contributed by atoms with Gasteiger partial charge in [-0.1, -0.05) is 23.7 Å².